The summed E-state index contributed by atoms with van der Waals surface area (Å²) in [6.45, 7) is 0. The van der Waals surface area contributed by atoms with E-state index < -0.39 is 16.4 Å². The number of hydrogen-bond donors (Lipinski definition) is 1. The molecule has 0 amide bonds. The molecule has 5 nitrogen and oxygen atoms in total. The maximum absolute atomic E-state index is 13.6. The molecule has 0 spiro atoms. The van der Waals surface area contributed by atoms with Crippen LogP contribution in [0, 0.1) is 15.9 Å². The minimum Gasteiger partial charge on any atom is -0.497 e. The van der Waals surface area contributed by atoms with Crippen molar-refractivity contribution in [1.82, 2.24) is 0 Å². The molecule has 0 unspecified atom stereocenters. The fourth-order valence-electron chi connectivity index (χ4n) is 1.94. The summed E-state index contributed by atoms with van der Waals surface area (Å²) in [6, 6.07) is 2.52. The quantitative estimate of drug-likeness (QED) is 0.508. The van der Waals surface area contributed by atoms with Crippen molar-refractivity contribution in [2.24, 2.45) is 0 Å². The molecule has 1 aromatic carbocycles. The number of nitrogens with zero attached hydrogens (tertiary/aromatic N) is 1. The summed E-state index contributed by atoms with van der Waals surface area (Å²) in [5.41, 5.74) is -0.381. The van der Waals surface area contributed by atoms with Crippen molar-refractivity contribution < 1.29 is 14.1 Å². The summed E-state index contributed by atoms with van der Waals surface area (Å²) in [5.74, 6) is -0.639. The molecule has 0 saturated heterocycles. The van der Waals surface area contributed by atoms with Gasteiger partial charge >= 0.3 is 5.69 Å². The molecule has 0 heterocycles. The van der Waals surface area contributed by atoms with Crippen LogP contribution < -0.4 is 10.1 Å². The average molecular weight is 252 g/mol. The molecule has 0 saturated carbocycles. The standard InChI is InChI=1S/C12H13FN2O3/c1-18-9-6-10(13)12(15(16)17)11(7-9)14-8-4-2-3-5-8/h2-3,6-8,14H,4-5H2,1H3. The van der Waals surface area contributed by atoms with Crippen molar-refractivity contribution >= 4 is 11.4 Å². The summed E-state index contributed by atoms with van der Waals surface area (Å²) >= 11 is 0. The molecule has 0 fully saturated rings. The van der Waals surface area contributed by atoms with Crippen molar-refractivity contribution in [2.45, 2.75) is 18.9 Å². The van der Waals surface area contributed by atoms with Crippen molar-refractivity contribution in [3.8, 4) is 5.75 Å². The first-order chi connectivity index (χ1) is 8.61. The van der Waals surface area contributed by atoms with Gasteiger partial charge in [-0.2, -0.15) is 4.39 Å². The van der Waals surface area contributed by atoms with E-state index in [9.17, 15) is 14.5 Å². The number of rotatable bonds is 4. The van der Waals surface area contributed by atoms with E-state index in [-0.39, 0.29) is 17.5 Å². The fourth-order valence-corrected chi connectivity index (χ4v) is 1.94. The SMILES string of the molecule is COc1cc(F)c([N+](=O)[O-])c(NC2CC=CC2)c1. The van der Waals surface area contributed by atoms with Gasteiger partial charge in [-0.25, -0.2) is 0 Å². The normalized spacial score (nSPS) is 14.8. The van der Waals surface area contributed by atoms with Gasteiger partial charge in [0.05, 0.1) is 12.0 Å². The first-order valence-corrected chi connectivity index (χ1v) is 5.55. The Morgan fingerprint density at radius 1 is 1.44 bits per heavy atom. The lowest BCUT2D eigenvalue weighted by Crippen LogP contribution is -2.16. The second kappa shape index (κ2) is 5.03. The van der Waals surface area contributed by atoms with E-state index in [2.05, 4.69) is 5.32 Å². The lowest BCUT2D eigenvalue weighted by Gasteiger charge is -2.14. The van der Waals surface area contributed by atoms with Crippen molar-refractivity contribution in [3.05, 3.63) is 40.2 Å². The Labute approximate surface area is 103 Å². The highest BCUT2D eigenvalue weighted by Crippen LogP contribution is 2.33. The van der Waals surface area contributed by atoms with Gasteiger partial charge in [0.2, 0.25) is 5.82 Å². The third-order valence-electron chi connectivity index (χ3n) is 2.82. The summed E-state index contributed by atoms with van der Waals surface area (Å²) < 4.78 is 18.6. The molecule has 2 rings (SSSR count). The van der Waals surface area contributed by atoms with Gasteiger partial charge in [0.25, 0.3) is 0 Å². The molecule has 1 N–H and O–H groups in total. The first-order valence-electron chi connectivity index (χ1n) is 5.55. The Balaban J connectivity index is 2.35. The third kappa shape index (κ3) is 2.42. The highest BCUT2D eigenvalue weighted by Gasteiger charge is 2.24. The Morgan fingerprint density at radius 3 is 2.67 bits per heavy atom. The van der Waals surface area contributed by atoms with Gasteiger partial charge in [-0.1, -0.05) is 12.2 Å². The van der Waals surface area contributed by atoms with E-state index in [1.165, 1.54) is 13.2 Å². The van der Waals surface area contributed by atoms with Crippen LogP contribution in [0.15, 0.2) is 24.3 Å². The minimum atomic E-state index is -0.896. The number of halogens is 1. The zero-order valence-corrected chi connectivity index (χ0v) is 9.85. The van der Waals surface area contributed by atoms with Crippen LogP contribution in [-0.4, -0.2) is 18.1 Å². The van der Waals surface area contributed by atoms with Crippen LogP contribution >= 0.6 is 0 Å². The Hall–Kier alpha value is -2.11. The average Bonchev–Trinajstić information content (AvgIpc) is 2.80. The molecule has 1 aliphatic carbocycles. The van der Waals surface area contributed by atoms with Crippen LogP contribution in [0.3, 0.4) is 0 Å². The van der Waals surface area contributed by atoms with Crippen LogP contribution in [-0.2, 0) is 0 Å². The molecule has 0 radical (unpaired) electrons. The highest BCUT2D eigenvalue weighted by molar-refractivity contribution is 5.65. The molecular formula is C12H13FN2O3. The predicted octanol–water partition coefficient (Wildman–Crippen LogP) is 2.87. The zero-order valence-electron chi connectivity index (χ0n) is 9.85. The molecule has 0 aromatic heterocycles. The fraction of sp³-hybridized carbons (Fsp3) is 0.333. The zero-order chi connectivity index (χ0) is 13.1. The molecule has 1 aliphatic rings. The van der Waals surface area contributed by atoms with Crippen LogP contribution in [0.2, 0.25) is 0 Å². The maximum atomic E-state index is 13.6. The molecular weight excluding hydrogens is 239 g/mol. The Kier molecular flexibility index (Phi) is 3.45. The van der Waals surface area contributed by atoms with Crippen molar-refractivity contribution in [3.63, 3.8) is 0 Å². The van der Waals surface area contributed by atoms with Crippen molar-refractivity contribution in [1.29, 1.82) is 0 Å². The molecule has 0 aliphatic heterocycles. The van der Waals surface area contributed by atoms with Gasteiger partial charge in [0.1, 0.15) is 11.4 Å². The summed E-state index contributed by atoms with van der Waals surface area (Å²) in [4.78, 5) is 10.2. The number of methoxy groups -OCH3 is 1. The summed E-state index contributed by atoms with van der Waals surface area (Å²) in [7, 11) is 1.39. The van der Waals surface area contributed by atoms with Gasteiger partial charge in [-0.3, -0.25) is 10.1 Å². The second-order valence-electron chi connectivity index (χ2n) is 4.05. The van der Waals surface area contributed by atoms with Crippen molar-refractivity contribution in [2.75, 3.05) is 12.4 Å². The largest absolute Gasteiger partial charge is 0.497 e. The predicted molar refractivity (Wildman–Crippen MR) is 65.4 cm³/mol. The van der Waals surface area contributed by atoms with E-state index in [4.69, 9.17) is 4.74 Å². The van der Waals surface area contributed by atoms with Crippen LogP contribution in [0.5, 0.6) is 5.75 Å². The van der Waals surface area contributed by atoms with Gasteiger partial charge in [0, 0.05) is 18.2 Å². The Bertz CT molecular complexity index is 494. The minimum absolute atomic E-state index is 0.0650. The summed E-state index contributed by atoms with van der Waals surface area (Å²) in [6.07, 6.45) is 5.52. The first kappa shape index (κ1) is 12.3. The van der Waals surface area contributed by atoms with Crippen LogP contribution in [0.4, 0.5) is 15.8 Å². The van der Waals surface area contributed by atoms with Gasteiger partial charge in [0.15, 0.2) is 0 Å². The number of nitrogens with one attached hydrogen (secondary N) is 1. The van der Waals surface area contributed by atoms with E-state index >= 15 is 0 Å². The number of ether oxygens (including phenoxy) is 1. The maximum Gasteiger partial charge on any atom is 0.327 e. The van der Waals surface area contributed by atoms with E-state index in [0.717, 1.165) is 18.9 Å². The molecule has 1 aromatic rings. The Morgan fingerprint density at radius 2 is 2.11 bits per heavy atom. The third-order valence-corrected chi connectivity index (χ3v) is 2.82. The molecule has 96 valence electrons. The van der Waals surface area contributed by atoms with Gasteiger partial charge in [-0.05, 0) is 12.8 Å². The second-order valence-corrected chi connectivity index (χ2v) is 4.05. The van der Waals surface area contributed by atoms with Crippen LogP contribution in [0.25, 0.3) is 0 Å². The van der Waals surface area contributed by atoms with E-state index in [1.54, 1.807) is 0 Å². The monoisotopic (exact) mass is 252 g/mol. The number of anilines is 1. The molecule has 18 heavy (non-hydrogen) atoms. The molecule has 0 bridgehead atoms. The number of benzene rings is 1. The number of nitro groups is 1. The van der Waals surface area contributed by atoms with Gasteiger partial charge in [-0.15, -0.1) is 0 Å². The number of hydrogen-bond acceptors (Lipinski definition) is 4. The number of nitro benzene ring substituents is 1. The summed E-state index contributed by atoms with van der Waals surface area (Å²) in [5, 5.41) is 13.9. The lowest BCUT2D eigenvalue weighted by molar-refractivity contribution is -0.386. The molecule has 0 atom stereocenters. The smallest absolute Gasteiger partial charge is 0.327 e. The topological polar surface area (TPSA) is 64.4 Å². The van der Waals surface area contributed by atoms with Crippen LogP contribution in [0.1, 0.15) is 12.8 Å². The van der Waals surface area contributed by atoms with E-state index in [1.807, 2.05) is 12.2 Å². The van der Waals surface area contributed by atoms with Gasteiger partial charge < -0.3 is 10.1 Å². The lowest BCUT2D eigenvalue weighted by atomic mass is 10.2. The van der Waals surface area contributed by atoms with E-state index in [0.29, 0.717) is 0 Å². The highest BCUT2D eigenvalue weighted by atomic mass is 19.1. The molecule has 6 heteroatoms.